The number of rotatable bonds is 4. The van der Waals surface area contributed by atoms with Crippen molar-refractivity contribution in [3.63, 3.8) is 0 Å². The molecule has 0 unspecified atom stereocenters. The minimum absolute atomic E-state index is 0.320. The third-order valence-corrected chi connectivity index (χ3v) is 4.95. The van der Waals surface area contributed by atoms with E-state index in [0.717, 1.165) is 17.5 Å². The summed E-state index contributed by atoms with van der Waals surface area (Å²) in [7, 11) is 1.60. The van der Waals surface area contributed by atoms with Crippen LogP contribution in [0, 0.1) is 0 Å². The van der Waals surface area contributed by atoms with E-state index in [1.165, 1.54) is 0 Å². The lowest BCUT2D eigenvalue weighted by Gasteiger charge is -2.09. The maximum absolute atomic E-state index is 6.36. The second-order valence-corrected chi connectivity index (χ2v) is 6.68. The van der Waals surface area contributed by atoms with Crippen molar-refractivity contribution in [2.24, 2.45) is 0 Å². The van der Waals surface area contributed by atoms with Crippen molar-refractivity contribution in [3.05, 3.63) is 64.2 Å². The molecule has 25 heavy (non-hydrogen) atoms. The van der Waals surface area contributed by atoms with Crippen molar-refractivity contribution in [1.29, 1.82) is 0 Å². The van der Waals surface area contributed by atoms with Gasteiger partial charge < -0.3 is 4.74 Å². The predicted octanol–water partition coefficient (Wildman–Crippen LogP) is 4.52. The van der Waals surface area contributed by atoms with Crippen LogP contribution < -0.4 is 4.74 Å². The Balaban J connectivity index is 1.56. The Morgan fingerprint density at radius 3 is 2.28 bits per heavy atom. The van der Waals surface area contributed by atoms with E-state index in [-0.39, 0.29) is 0 Å². The first-order chi connectivity index (χ1) is 12.2. The van der Waals surface area contributed by atoms with Crippen molar-refractivity contribution in [2.75, 3.05) is 7.11 Å². The summed E-state index contributed by atoms with van der Waals surface area (Å²) in [4.78, 5) is 17.1. The highest BCUT2D eigenvalue weighted by atomic mass is 35.5. The summed E-state index contributed by atoms with van der Waals surface area (Å²) in [6, 6.07) is 5.41. The Bertz CT molecular complexity index is 903. The minimum atomic E-state index is 0.320. The van der Waals surface area contributed by atoms with Crippen LogP contribution in [0.1, 0.15) is 29.4 Å². The fourth-order valence-corrected chi connectivity index (χ4v) is 3.55. The van der Waals surface area contributed by atoms with Crippen molar-refractivity contribution >= 4 is 23.2 Å². The van der Waals surface area contributed by atoms with Crippen LogP contribution in [0.2, 0.25) is 10.0 Å². The average molecular weight is 373 g/mol. The molecule has 1 fully saturated rings. The number of aromatic nitrogens is 4. The Labute approximate surface area is 155 Å². The van der Waals surface area contributed by atoms with E-state index in [1.807, 2.05) is 18.5 Å². The van der Waals surface area contributed by atoms with Crippen molar-refractivity contribution in [2.45, 2.75) is 18.3 Å². The number of ether oxygens (including phenoxy) is 1. The first-order valence-electron chi connectivity index (χ1n) is 7.79. The average Bonchev–Trinajstić information content (AvgIpc) is 3.43. The number of hydrogen-bond donors (Lipinski definition) is 0. The first kappa shape index (κ1) is 16.2. The van der Waals surface area contributed by atoms with Gasteiger partial charge in [0.2, 0.25) is 0 Å². The zero-order valence-electron chi connectivity index (χ0n) is 13.4. The molecule has 1 aliphatic rings. The molecule has 1 aromatic carbocycles. The summed E-state index contributed by atoms with van der Waals surface area (Å²) in [5.74, 6) is 2.34. The molecule has 1 saturated carbocycles. The summed E-state index contributed by atoms with van der Waals surface area (Å²) in [5, 5.41) is 1.18. The van der Waals surface area contributed by atoms with Crippen LogP contribution in [0.3, 0.4) is 0 Å². The normalized spacial score (nSPS) is 18.8. The molecule has 0 amide bonds. The van der Waals surface area contributed by atoms with Crippen LogP contribution in [-0.2, 0) is 0 Å². The van der Waals surface area contributed by atoms with Gasteiger partial charge in [-0.1, -0.05) is 23.2 Å². The molecule has 2 heterocycles. The SMILES string of the molecule is COc1cc([C@@H]2C[C@H]2c2cnc(-c3ncccn3)nc2)c(Cl)cc1Cl. The Morgan fingerprint density at radius 1 is 0.920 bits per heavy atom. The number of hydrogen-bond acceptors (Lipinski definition) is 5. The Kier molecular flexibility index (Phi) is 4.27. The van der Waals surface area contributed by atoms with Gasteiger partial charge in [-0.05, 0) is 47.6 Å². The summed E-state index contributed by atoms with van der Waals surface area (Å²) in [6.07, 6.45) is 8.02. The third-order valence-electron chi connectivity index (χ3n) is 4.33. The molecule has 1 aliphatic carbocycles. The second kappa shape index (κ2) is 6.58. The van der Waals surface area contributed by atoms with Gasteiger partial charge in [-0.3, -0.25) is 0 Å². The molecular weight excluding hydrogens is 359 g/mol. The third kappa shape index (κ3) is 3.17. The Hall–Kier alpha value is -2.24. The van der Waals surface area contributed by atoms with Gasteiger partial charge in [-0.2, -0.15) is 0 Å². The van der Waals surface area contributed by atoms with Crippen LogP contribution in [-0.4, -0.2) is 27.0 Å². The lowest BCUT2D eigenvalue weighted by molar-refractivity contribution is 0.414. The zero-order valence-corrected chi connectivity index (χ0v) is 14.9. The topological polar surface area (TPSA) is 60.8 Å². The van der Waals surface area contributed by atoms with Gasteiger partial charge in [0.15, 0.2) is 11.6 Å². The largest absolute Gasteiger partial charge is 0.495 e. The van der Waals surface area contributed by atoms with Crippen LogP contribution in [0.4, 0.5) is 0 Å². The van der Waals surface area contributed by atoms with Crippen LogP contribution in [0.15, 0.2) is 43.0 Å². The molecular formula is C18H14Cl2N4O. The molecule has 2 atom stereocenters. The molecule has 7 heteroatoms. The van der Waals surface area contributed by atoms with Crippen LogP contribution in [0.25, 0.3) is 11.6 Å². The van der Waals surface area contributed by atoms with Gasteiger partial charge in [-0.15, -0.1) is 0 Å². The van der Waals surface area contributed by atoms with E-state index in [1.54, 1.807) is 31.6 Å². The van der Waals surface area contributed by atoms with Crippen molar-refractivity contribution in [3.8, 4) is 17.4 Å². The zero-order chi connectivity index (χ0) is 17.4. The van der Waals surface area contributed by atoms with Crippen molar-refractivity contribution < 1.29 is 4.74 Å². The maximum atomic E-state index is 6.36. The number of methoxy groups -OCH3 is 1. The summed E-state index contributed by atoms with van der Waals surface area (Å²) in [5.41, 5.74) is 2.12. The van der Waals surface area contributed by atoms with Gasteiger partial charge in [0.25, 0.3) is 0 Å². The van der Waals surface area contributed by atoms with Gasteiger partial charge in [0.1, 0.15) is 5.75 Å². The highest BCUT2D eigenvalue weighted by Gasteiger charge is 2.41. The maximum Gasteiger partial charge on any atom is 0.197 e. The quantitative estimate of drug-likeness (QED) is 0.673. The van der Waals surface area contributed by atoms with Gasteiger partial charge in [0.05, 0.1) is 12.1 Å². The molecule has 3 aromatic rings. The molecule has 0 saturated heterocycles. The highest BCUT2D eigenvalue weighted by Crippen LogP contribution is 2.56. The Morgan fingerprint density at radius 2 is 1.60 bits per heavy atom. The lowest BCUT2D eigenvalue weighted by Crippen LogP contribution is -1.96. The molecule has 0 N–H and O–H groups in total. The molecule has 4 rings (SSSR count). The van der Waals surface area contributed by atoms with E-state index >= 15 is 0 Å². The lowest BCUT2D eigenvalue weighted by atomic mass is 10.1. The summed E-state index contributed by atoms with van der Waals surface area (Å²) >= 11 is 12.5. The molecule has 0 bridgehead atoms. The fraction of sp³-hybridized carbons (Fsp3) is 0.222. The molecule has 0 aliphatic heterocycles. The molecule has 0 spiro atoms. The molecule has 5 nitrogen and oxygen atoms in total. The van der Waals surface area contributed by atoms with Gasteiger partial charge in [0, 0.05) is 29.8 Å². The smallest absolute Gasteiger partial charge is 0.197 e. The van der Waals surface area contributed by atoms with Gasteiger partial charge in [-0.25, -0.2) is 19.9 Å². The number of halogens is 2. The van der Waals surface area contributed by atoms with E-state index in [0.29, 0.717) is 39.3 Å². The van der Waals surface area contributed by atoms with E-state index < -0.39 is 0 Å². The predicted molar refractivity (Wildman–Crippen MR) is 96.2 cm³/mol. The van der Waals surface area contributed by atoms with Crippen LogP contribution >= 0.6 is 23.2 Å². The minimum Gasteiger partial charge on any atom is -0.495 e. The monoisotopic (exact) mass is 372 g/mol. The number of benzene rings is 1. The van der Waals surface area contributed by atoms with Gasteiger partial charge >= 0.3 is 0 Å². The fourth-order valence-electron chi connectivity index (χ4n) is 2.95. The van der Waals surface area contributed by atoms with Crippen molar-refractivity contribution in [1.82, 2.24) is 19.9 Å². The van der Waals surface area contributed by atoms with E-state index in [2.05, 4.69) is 19.9 Å². The highest BCUT2D eigenvalue weighted by molar-refractivity contribution is 6.36. The van der Waals surface area contributed by atoms with Crippen LogP contribution in [0.5, 0.6) is 5.75 Å². The summed E-state index contributed by atoms with van der Waals surface area (Å²) in [6.45, 7) is 0. The van der Waals surface area contributed by atoms with E-state index in [4.69, 9.17) is 27.9 Å². The molecule has 2 aromatic heterocycles. The summed E-state index contributed by atoms with van der Waals surface area (Å²) < 4.78 is 5.30. The molecule has 126 valence electrons. The van der Waals surface area contributed by atoms with E-state index in [9.17, 15) is 0 Å². The number of nitrogens with zero attached hydrogens (tertiary/aromatic N) is 4. The standard InChI is InChI=1S/C18H14Cl2N4O/c1-25-16-6-13(14(19)7-15(16)20)12-5-11(12)10-8-23-18(24-9-10)17-21-3-2-4-22-17/h2-4,6-9,11-12H,5H2,1H3/t11-,12+/m0/s1. The first-order valence-corrected chi connectivity index (χ1v) is 8.55. The molecule has 0 radical (unpaired) electrons. The second-order valence-electron chi connectivity index (χ2n) is 5.87.